The van der Waals surface area contributed by atoms with E-state index in [1.807, 2.05) is 13.8 Å². The van der Waals surface area contributed by atoms with E-state index in [-0.39, 0.29) is 14.9 Å². The Hall–Kier alpha value is -1.21. The third kappa shape index (κ3) is 4.06. The lowest BCUT2D eigenvalue weighted by Gasteiger charge is -2.39. The second-order valence-corrected chi connectivity index (χ2v) is 8.59. The second kappa shape index (κ2) is 8.25. The summed E-state index contributed by atoms with van der Waals surface area (Å²) in [6.07, 6.45) is 8.50. The molecular weight excluding hydrogens is 326 g/mol. The highest BCUT2D eigenvalue weighted by Crippen LogP contribution is 2.35. The molecule has 0 radical (unpaired) electrons. The molecule has 0 saturated heterocycles. The molecule has 1 aliphatic carbocycles. The Morgan fingerprint density at radius 3 is 2.42 bits per heavy atom. The van der Waals surface area contributed by atoms with E-state index in [9.17, 15) is 8.42 Å². The lowest BCUT2D eigenvalue weighted by molar-refractivity contribution is -0.754. The zero-order chi connectivity index (χ0) is 18.4. The van der Waals surface area contributed by atoms with Crippen molar-refractivity contribution in [2.45, 2.75) is 32.0 Å². The molecule has 2 unspecified atom stereocenters. The Balaban J connectivity index is 3.42. The monoisotopic (exact) mass is 356 g/mol. The van der Waals surface area contributed by atoms with Crippen LogP contribution in [0.25, 0.3) is 0 Å². The quantitative estimate of drug-likeness (QED) is 0.446. The first-order chi connectivity index (χ1) is 11.2. The zero-order valence-electron chi connectivity index (χ0n) is 15.2. The van der Waals surface area contributed by atoms with Crippen LogP contribution in [0.4, 0.5) is 0 Å². The highest BCUT2D eigenvalue weighted by molar-refractivity contribution is 7.90. The minimum atomic E-state index is -3.60. The van der Waals surface area contributed by atoms with E-state index >= 15 is 0 Å². The van der Waals surface area contributed by atoms with Gasteiger partial charge in [-0.3, -0.25) is 0 Å². The molecule has 0 bridgehead atoms. The van der Waals surface area contributed by atoms with Crippen molar-refractivity contribution in [3.63, 3.8) is 0 Å². The molecule has 0 aliphatic heterocycles. The van der Waals surface area contributed by atoms with Crippen molar-refractivity contribution < 1.29 is 21.8 Å². The SMILES string of the molecule is C=CCC1(OCC)C=C(S(=O)(=O)[N+](C)(C)CC=C)C=CC1OCC. The molecule has 5 nitrogen and oxygen atoms in total. The normalized spacial score (nSPS) is 24.5. The first kappa shape index (κ1) is 20.8. The summed E-state index contributed by atoms with van der Waals surface area (Å²) in [5, 5.41) is 0. The van der Waals surface area contributed by atoms with Crippen LogP contribution in [-0.2, 0) is 19.5 Å². The number of rotatable bonds is 10. The molecule has 0 heterocycles. The Morgan fingerprint density at radius 2 is 1.92 bits per heavy atom. The van der Waals surface area contributed by atoms with E-state index in [4.69, 9.17) is 9.47 Å². The van der Waals surface area contributed by atoms with Crippen LogP contribution in [-0.4, -0.2) is 57.9 Å². The Bertz CT molecular complexity index is 619. The topological polar surface area (TPSA) is 52.6 Å². The predicted molar refractivity (Wildman–Crippen MR) is 97.9 cm³/mol. The molecule has 24 heavy (non-hydrogen) atoms. The zero-order valence-corrected chi connectivity index (χ0v) is 16.0. The number of hydrogen-bond donors (Lipinski definition) is 0. The highest BCUT2D eigenvalue weighted by Gasteiger charge is 2.44. The summed E-state index contributed by atoms with van der Waals surface area (Å²) in [4.78, 5) is 0.237. The second-order valence-electron chi connectivity index (χ2n) is 6.18. The maximum absolute atomic E-state index is 13.0. The van der Waals surface area contributed by atoms with E-state index in [1.54, 1.807) is 44.5 Å². The van der Waals surface area contributed by atoms with E-state index in [0.29, 0.717) is 26.2 Å². The van der Waals surface area contributed by atoms with Crippen LogP contribution in [0, 0.1) is 0 Å². The van der Waals surface area contributed by atoms with Crippen LogP contribution in [0.2, 0.25) is 0 Å². The van der Waals surface area contributed by atoms with Crippen LogP contribution in [0.3, 0.4) is 0 Å². The van der Waals surface area contributed by atoms with Gasteiger partial charge >= 0.3 is 10.0 Å². The van der Waals surface area contributed by atoms with Gasteiger partial charge in [0.1, 0.15) is 23.2 Å². The predicted octanol–water partition coefficient (Wildman–Crippen LogP) is 2.79. The molecule has 0 aromatic heterocycles. The summed E-state index contributed by atoms with van der Waals surface area (Å²) in [6.45, 7) is 12.5. The van der Waals surface area contributed by atoms with Gasteiger partial charge in [-0.25, -0.2) is 3.89 Å². The summed E-state index contributed by atoms with van der Waals surface area (Å²) < 4.78 is 37.6. The summed E-state index contributed by atoms with van der Waals surface area (Å²) in [5.41, 5.74) is -0.863. The van der Waals surface area contributed by atoms with Crippen LogP contribution in [0.5, 0.6) is 0 Å². The van der Waals surface area contributed by atoms with Gasteiger partial charge in [-0.2, -0.15) is 8.42 Å². The number of nitrogens with zero attached hydrogens (tertiary/aromatic N) is 1. The lowest BCUT2D eigenvalue weighted by Crippen LogP contribution is -2.49. The molecule has 6 heteroatoms. The summed E-state index contributed by atoms with van der Waals surface area (Å²) in [6, 6.07) is 0. The molecule has 0 fully saturated rings. The maximum Gasteiger partial charge on any atom is 0.326 e. The van der Waals surface area contributed by atoms with Gasteiger partial charge in [0.25, 0.3) is 0 Å². The first-order valence-electron chi connectivity index (χ1n) is 8.17. The van der Waals surface area contributed by atoms with Gasteiger partial charge in [0.15, 0.2) is 0 Å². The van der Waals surface area contributed by atoms with Gasteiger partial charge in [0, 0.05) is 19.6 Å². The molecule has 0 aromatic rings. The number of hydrogen-bond acceptors (Lipinski definition) is 4. The Labute approximate surface area is 146 Å². The standard InChI is InChI=1S/C18H30NO4S/c1-7-13-18(23-10-4)15-16(11-12-17(18)22-9-3)24(20,21)19(5,6)14-8-2/h7-8,11-12,15,17H,1-2,9-10,13-14H2,3-6H3/q+1. The molecule has 0 N–H and O–H groups in total. The van der Waals surface area contributed by atoms with Gasteiger partial charge in [0.05, 0.1) is 14.1 Å². The lowest BCUT2D eigenvalue weighted by atomic mass is 9.88. The van der Waals surface area contributed by atoms with Crippen molar-refractivity contribution in [1.82, 2.24) is 0 Å². The van der Waals surface area contributed by atoms with Crippen LogP contribution in [0.1, 0.15) is 20.3 Å². The molecule has 2 atom stereocenters. The summed E-state index contributed by atoms with van der Waals surface area (Å²) >= 11 is 0. The molecule has 0 aromatic carbocycles. The molecule has 136 valence electrons. The van der Waals surface area contributed by atoms with Crippen molar-refractivity contribution in [2.24, 2.45) is 0 Å². The number of likely N-dealkylation sites (N-methyl/N-ethyl adjacent to an activating group) is 1. The van der Waals surface area contributed by atoms with Gasteiger partial charge < -0.3 is 9.47 Å². The number of allylic oxidation sites excluding steroid dienone is 1. The Kier molecular flexibility index (Phi) is 7.16. The van der Waals surface area contributed by atoms with Gasteiger partial charge in [-0.15, -0.1) is 6.58 Å². The first-order valence-corrected chi connectivity index (χ1v) is 9.61. The molecule has 1 aliphatic rings. The molecule has 0 spiro atoms. The van der Waals surface area contributed by atoms with Crippen molar-refractivity contribution in [1.29, 1.82) is 0 Å². The third-order valence-electron chi connectivity index (χ3n) is 4.04. The fourth-order valence-electron chi connectivity index (χ4n) is 2.80. The van der Waals surface area contributed by atoms with Crippen molar-refractivity contribution in [3.05, 3.63) is 48.4 Å². The molecule has 1 rings (SSSR count). The fourth-order valence-corrected chi connectivity index (χ4v) is 4.27. The van der Waals surface area contributed by atoms with E-state index in [1.165, 1.54) is 0 Å². The smallest absolute Gasteiger partial charge is 0.326 e. The average Bonchev–Trinajstić information content (AvgIpc) is 2.49. The van der Waals surface area contributed by atoms with E-state index < -0.39 is 15.6 Å². The van der Waals surface area contributed by atoms with E-state index in [2.05, 4.69) is 13.2 Å². The van der Waals surface area contributed by atoms with Crippen LogP contribution < -0.4 is 0 Å². The van der Waals surface area contributed by atoms with Crippen LogP contribution in [0.15, 0.2) is 48.4 Å². The van der Waals surface area contributed by atoms with Gasteiger partial charge in [-0.05, 0) is 32.1 Å². The van der Waals surface area contributed by atoms with Crippen molar-refractivity contribution in [2.75, 3.05) is 33.9 Å². The number of quaternary nitrogens is 1. The molecule has 0 saturated carbocycles. The number of ether oxygens (including phenoxy) is 2. The maximum atomic E-state index is 13.0. The van der Waals surface area contributed by atoms with Gasteiger partial charge in [-0.1, -0.05) is 18.7 Å². The molecule has 0 amide bonds. The fraction of sp³-hybridized carbons (Fsp3) is 0.556. The summed E-state index contributed by atoms with van der Waals surface area (Å²) in [7, 11) is -0.301. The number of sulfonamides is 1. The van der Waals surface area contributed by atoms with E-state index in [0.717, 1.165) is 0 Å². The summed E-state index contributed by atoms with van der Waals surface area (Å²) in [5.74, 6) is 0. The van der Waals surface area contributed by atoms with Gasteiger partial charge in [0.2, 0.25) is 0 Å². The molecular formula is C18H30NO4S+. The van der Waals surface area contributed by atoms with Crippen LogP contribution >= 0.6 is 0 Å². The largest absolute Gasteiger partial charge is 0.371 e. The highest BCUT2D eigenvalue weighted by atomic mass is 32.2. The van der Waals surface area contributed by atoms with Crippen molar-refractivity contribution >= 4 is 10.0 Å². The average molecular weight is 357 g/mol. The Morgan fingerprint density at radius 1 is 1.25 bits per heavy atom. The minimum absolute atomic E-state index is 0.206. The minimum Gasteiger partial charge on any atom is -0.371 e. The van der Waals surface area contributed by atoms with Crippen molar-refractivity contribution in [3.8, 4) is 0 Å². The third-order valence-corrected chi connectivity index (χ3v) is 6.34.